The summed E-state index contributed by atoms with van der Waals surface area (Å²) < 4.78 is 17.0. The first-order valence-electron chi connectivity index (χ1n) is 11.2. The quantitative estimate of drug-likeness (QED) is 0.488. The molecule has 2 saturated heterocycles. The number of anilines is 2. The number of amides is 3. The number of hydrogen-bond acceptors (Lipinski definition) is 7. The average molecular weight is 547 g/mol. The maximum Gasteiger partial charge on any atom is 0.260 e. The van der Waals surface area contributed by atoms with E-state index in [1.807, 2.05) is 30.3 Å². The topological polar surface area (TPSA) is 109 Å². The number of carbonyl (C=O) groups excluding carboxylic acids is 3. The summed E-state index contributed by atoms with van der Waals surface area (Å²) in [7, 11) is 1.49. The van der Waals surface area contributed by atoms with Gasteiger partial charge < -0.3 is 24.0 Å². The van der Waals surface area contributed by atoms with Gasteiger partial charge in [-0.15, -0.1) is 0 Å². The van der Waals surface area contributed by atoms with Crippen molar-refractivity contribution >= 4 is 45.0 Å². The van der Waals surface area contributed by atoms with E-state index in [1.54, 1.807) is 21.9 Å². The van der Waals surface area contributed by atoms with Crippen LogP contribution in [-0.2, 0) is 19.1 Å². The van der Waals surface area contributed by atoms with Crippen LogP contribution in [0.25, 0.3) is 0 Å². The van der Waals surface area contributed by atoms with Crippen LogP contribution in [-0.4, -0.2) is 69.2 Å². The van der Waals surface area contributed by atoms with Gasteiger partial charge in [0.05, 0.1) is 36.4 Å². The van der Waals surface area contributed by atoms with E-state index in [-0.39, 0.29) is 30.7 Å². The smallest absolute Gasteiger partial charge is 0.260 e. The van der Waals surface area contributed by atoms with E-state index in [1.165, 1.54) is 7.11 Å². The summed E-state index contributed by atoms with van der Waals surface area (Å²) in [5.74, 6) is -0.220. The van der Waals surface area contributed by atoms with E-state index in [4.69, 9.17) is 14.2 Å². The van der Waals surface area contributed by atoms with Crippen molar-refractivity contribution in [2.24, 2.45) is 5.92 Å². The molecule has 0 saturated carbocycles. The van der Waals surface area contributed by atoms with Crippen LogP contribution in [0.4, 0.5) is 11.4 Å². The Labute approximate surface area is 211 Å². The van der Waals surface area contributed by atoms with Crippen molar-refractivity contribution in [2.75, 3.05) is 56.9 Å². The monoisotopic (exact) mass is 546 g/mol. The molecule has 0 spiro atoms. The van der Waals surface area contributed by atoms with Crippen LogP contribution in [0.5, 0.6) is 11.5 Å². The van der Waals surface area contributed by atoms with Crippen LogP contribution < -0.4 is 25.2 Å². The van der Waals surface area contributed by atoms with Gasteiger partial charge in [0, 0.05) is 37.8 Å². The average Bonchev–Trinajstić information content (AvgIpc) is 3.28. The minimum Gasteiger partial charge on any atom is -0.493 e. The van der Waals surface area contributed by atoms with Gasteiger partial charge in [-0.3, -0.25) is 25.2 Å². The number of para-hydroxylation sites is 1. The molecule has 10 nitrogen and oxygen atoms in total. The summed E-state index contributed by atoms with van der Waals surface area (Å²) in [4.78, 5) is 40.8. The summed E-state index contributed by atoms with van der Waals surface area (Å²) in [6.45, 7) is 2.30. The minimum absolute atomic E-state index is 0.0890. The molecule has 0 bridgehead atoms. The van der Waals surface area contributed by atoms with Gasteiger partial charge in [-0.2, -0.15) is 0 Å². The van der Waals surface area contributed by atoms with Crippen LogP contribution in [0.15, 0.2) is 46.9 Å². The molecule has 2 aliphatic heterocycles. The fourth-order valence-corrected chi connectivity index (χ4v) is 4.50. The highest BCUT2D eigenvalue weighted by Gasteiger charge is 2.35. The number of halogens is 1. The summed E-state index contributed by atoms with van der Waals surface area (Å²) in [6, 6.07) is 12.6. The molecule has 2 heterocycles. The summed E-state index contributed by atoms with van der Waals surface area (Å²) in [5, 5.41) is 0. The second-order valence-electron chi connectivity index (χ2n) is 8.13. The molecule has 2 aliphatic rings. The van der Waals surface area contributed by atoms with Gasteiger partial charge in [0.2, 0.25) is 11.8 Å². The van der Waals surface area contributed by atoms with E-state index < -0.39 is 5.92 Å². The summed E-state index contributed by atoms with van der Waals surface area (Å²) in [6.07, 6.45) is 0.138. The van der Waals surface area contributed by atoms with E-state index >= 15 is 0 Å². The zero-order valence-electron chi connectivity index (χ0n) is 19.3. The van der Waals surface area contributed by atoms with E-state index in [9.17, 15) is 14.4 Å². The first-order valence-corrected chi connectivity index (χ1v) is 12.0. The molecule has 1 atom stereocenters. The zero-order valence-corrected chi connectivity index (χ0v) is 20.9. The molecule has 2 fully saturated rings. The zero-order chi connectivity index (χ0) is 24.8. The van der Waals surface area contributed by atoms with Gasteiger partial charge in [0.15, 0.2) is 18.1 Å². The second kappa shape index (κ2) is 11.4. The second-order valence-corrected chi connectivity index (χ2v) is 8.98. The van der Waals surface area contributed by atoms with Crippen molar-refractivity contribution in [3.05, 3.63) is 46.9 Å². The molecule has 0 aliphatic carbocycles. The van der Waals surface area contributed by atoms with Crippen LogP contribution in [0, 0.1) is 5.92 Å². The first kappa shape index (κ1) is 24.8. The molecule has 35 heavy (non-hydrogen) atoms. The lowest BCUT2D eigenvalue weighted by atomic mass is 10.1. The van der Waals surface area contributed by atoms with Crippen molar-refractivity contribution in [1.82, 2.24) is 10.3 Å². The summed E-state index contributed by atoms with van der Waals surface area (Å²) >= 11 is 3.45. The third-order valence-corrected chi connectivity index (χ3v) is 6.42. The third kappa shape index (κ3) is 6.04. The molecule has 186 valence electrons. The minimum atomic E-state index is -0.477. The van der Waals surface area contributed by atoms with Crippen molar-refractivity contribution in [3.8, 4) is 11.5 Å². The van der Waals surface area contributed by atoms with Crippen molar-refractivity contribution in [2.45, 2.75) is 6.42 Å². The van der Waals surface area contributed by atoms with Crippen LogP contribution >= 0.6 is 15.9 Å². The standard InChI is InChI=1S/C24H27BrN4O6/c1-33-20-13-17(12-19(25)23(20)35-15-22(31)28-7-9-34-10-8-28)26-27-24(32)16-11-21(30)29(14-16)18-5-3-2-4-6-18/h2-6,12-13,16,26H,7-11,14-15H2,1H3,(H,27,32)/t16-/m0/s1. The lowest BCUT2D eigenvalue weighted by molar-refractivity contribution is -0.137. The highest BCUT2D eigenvalue weighted by atomic mass is 79.9. The molecule has 2 aromatic rings. The maximum absolute atomic E-state index is 12.7. The van der Waals surface area contributed by atoms with Gasteiger partial charge in [-0.1, -0.05) is 18.2 Å². The third-order valence-electron chi connectivity index (χ3n) is 5.83. The molecule has 2 N–H and O–H groups in total. The van der Waals surface area contributed by atoms with E-state index in [0.29, 0.717) is 54.5 Å². The predicted octanol–water partition coefficient (Wildman–Crippen LogP) is 2.19. The molecule has 3 amide bonds. The predicted molar refractivity (Wildman–Crippen MR) is 132 cm³/mol. The molecule has 0 unspecified atom stereocenters. The Kier molecular flexibility index (Phi) is 8.09. The molecule has 0 aromatic heterocycles. The fraction of sp³-hybridized carbons (Fsp3) is 0.375. The SMILES string of the molecule is COc1cc(NNC(=O)[C@H]2CC(=O)N(c3ccccc3)C2)cc(Br)c1OCC(=O)N1CCOCC1. The fourth-order valence-electron chi connectivity index (χ4n) is 3.95. The van der Waals surface area contributed by atoms with Gasteiger partial charge >= 0.3 is 0 Å². The van der Waals surface area contributed by atoms with Crippen LogP contribution in [0.2, 0.25) is 0 Å². The normalized spacial score (nSPS) is 17.8. The number of nitrogens with one attached hydrogen (secondary N) is 2. The Hall–Kier alpha value is -3.31. The van der Waals surface area contributed by atoms with Crippen molar-refractivity contribution < 1.29 is 28.6 Å². The highest BCUT2D eigenvalue weighted by molar-refractivity contribution is 9.10. The molecular weight excluding hydrogens is 520 g/mol. The number of nitrogens with zero attached hydrogens (tertiary/aromatic N) is 2. The molecular formula is C24H27BrN4O6. The lowest BCUT2D eigenvalue weighted by Crippen LogP contribution is -2.43. The first-order chi connectivity index (χ1) is 17.0. The Bertz CT molecular complexity index is 1080. The largest absolute Gasteiger partial charge is 0.493 e. The molecule has 4 rings (SSSR count). The van der Waals surface area contributed by atoms with Gasteiger partial charge in [0.1, 0.15) is 0 Å². The highest BCUT2D eigenvalue weighted by Crippen LogP contribution is 2.38. The van der Waals surface area contributed by atoms with Gasteiger partial charge in [0.25, 0.3) is 5.91 Å². The van der Waals surface area contributed by atoms with Gasteiger partial charge in [-0.05, 0) is 34.1 Å². The molecule has 2 aromatic carbocycles. The Balaban J connectivity index is 1.34. The number of carbonyl (C=O) groups is 3. The number of morpholine rings is 1. The number of methoxy groups -OCH3 is 1. The van der Waals surface area contributed by atoms with Crippen LogP contribution in [0.3, 0.4) is 0 Å². The number of hydrogen-bond donors (Lipinski definition) is 2. The molecule has 11 heteroatoms. The Morgan fingerprint density at radius 3 is 2.63 bits per heavy atom. The van der Waals surface area contributed by atoms with E-state index in [0.717, 1.165) is 5.69 Å². The van der Waals surface area contributed by atoms with E-state index in [2.05, 4.69) is 26.8 Å². The maximum atomic E-state index is 12.7. The molecule has 0 radical (unpaired) electrons. The number of hydrazine groups is 1. The number of benzene rings is 2. The van der Waals surface area contributed by atoms with Crippen LogP contribution in [0.1, 0.15) is 6.42 Å². The van der Waals surface area contributed by atoms with Gasteiger partial charge in [-0.25, -0.2) is 0 Å². The Morgan fingerprint density at radius 2 is 1.91 bits per heavy atom. The number of ether oxygens (including phenoxy) is 3. The number of rotatable bonds is 8. The van der Waals surface area contributed by atoms with Crippen molar-refractivity contribution in [3.63, 3.8) is 0 Å². The van der Waals surface area contributed by atoms with Crippen molar-refractivity contribution in [1.29, 1.82) is 0 Å². The Morgan fingerprint density at radius 1 is 1.17 bits per heavy atom. The summed E-state index contributed by atoms with van der Waals surface area (Å²) in [5.41, 5.74) is 6.85. The lowest BCUT2D eigenvalue weighted by Gasteiger charge is -2.27.